The van der Waals surface area contributed by atoms with Gasteiger partial charge in [-0.3, -0.25) is 4.68 Å². The summed E-state index contributed by atoms with van der Waals surface area (Å²) >= 11 is 0. The summed E-state index contributed by atoms with van der Waals surface area (Å²) in [5.41, 5.74) is 1.65. The highest BCUT2D eigenvalue weighted by Crippen LogP contribution is 2.22. The third-order valence-corrected chi connectivity index (χ3v) is 6.81. The molecule has 1 N–H and O–H groups in total. The van der Waals surface area contributed by atoms with Gasteiger partial charge in [-0.05, 0) is 47.9 Å². The molecule has 9 heteroatoms. The van der Waals surface area contributed by atoms with Crippen LogP contribution in [0.2, 0.25) is 0 Å². The van der Waals surface area contributed by atoms with Crippen molar-refractivity contribution >= 4 is 10.0 Å². The van der Waals surface area contributed by atoms with E-state index in [9.17, 15) is 13.5 Å². The molecule has 0 radical (unpaired) electrons. The number of benzene rings is 2. The van der Waals surface area contributed by atoms with Crippen molar-refractivity contribution in [3.63, 3.8) is 0 Å². The molecular formula is C23H29N3O5S. The molecule has 0 spiro atoms. The molecule has 3 rings (SSSR count). The standard InChI is InChI=1S/C23H29N3O5S/c1-4-20(27)17-25-14-13-23(24-25)32(28,29)26(15-18-5-9-21(30-2)10-6-18)16-19-7-11-22(31-3)12-8-19/h5-14,20,27H,4,15-17H2,1-3H3. The van der Waals surface area contributed by atoms with E-state index in [0.29, 0.717) is 17.9 Å². The van der Waals surface area contributed by atoms with Gasteiger partial charge in [0, 0.05) is 19.3 Å². The molecule has 1 unspecified atom stereocenters. The van der Waals surface area contributed by atoms with Crippen molar-refractivity contribution in [1.82, 2.24) is 14.1 Å². The van der Waals surface area contributed by atoms with E-state index in [0.717, 1.165) is 11.1 Å². The van der Waals surface area contributed by atoms with Gasteiger partial charge in [0.1, 0.15) is 11.5 Å². The molecular weight excluding hydrogens is 430 g/mol. The summed E-state index contributed by atoms with van der Waals surface area (Å²) < 4.78 is 40.2. The molecule has 1 atom stereocenters. The molecule has 32 heavy (non-hydrogen) atoms. The van der Waals surface area contributed by atoms with E-state index < -0.39 is 16.1 Å². The summed E-state index contributed by atoms with van der Waals surface area (Å²) in [5, 5.41) is 14.0. The highest BCUT2D eigenvalue weighted by Gasteiger charge is 2.27. The van der Waals surface area contributed by atoms with E-state index in [1.807, 2.05) is 31.2 Å². The summed E-state index contributed by atoms with van der Waals surface area (Å²) in [6.07, 6.45) is 1.55. The minimum Gasteiger partial charge on any atom is -0.497 e. The molecule has 2 aromatic carbocycles. The van der Waals surface area contributed by atoms with Crippen molar-refractivity contribution in [2.24, 2.45) is 0 Å². The Kier molecular flexibility index (Phi) is 7.89. The van der Waals surface area contributed by atoms with Gasteiger partial charge in [0.15, 0.2) is 5.03 Å². The molecule has 0 amide bonds. The minimum atomic E-state index is -3.89. The summed E-state index contributed by atoms with van der Waals surface area (Å²) in [7, 11) is -0.724. The first kappa shape index (κ1) is 23.8. The van der Waals surface area contributed by atoms with Crippen LogP contribution in [0.3, 0.4) is 0 Å². The Morgan fingerprint density at radius 2 is 1.44 bits per heavy atom. The highest BCUT2D eigenvalue weighted by atomic mass is 32.2. The van der Waals surface area contributed by atoms with Crippen LogP contribution in [0, 0.1) is 0 Å². The van der Waals surface area contributed by atoms with Crippen LogP contribution in [0.5, 0.6) is 11.5 Å². The molecule has 0 saturated heterocycles. The SMILES string of the molecule is CCC(O)Cn1ccc(S(=O)(=O)N(Cc2ccc(OC)cc2)Cc2ccc(OC)cc2)n1. The molecule has 0 saturated carbocycles. The highest BCUT2D eigenvalue weighted by molar-refractivity contribution is 7.89. The Morgan fingerprint density at radius 1 is 0.938 bits per heavy atom. The fourth-order valence-electron chi connectivity index (χ4n) is 3.15. The van der Waals surface area contributed by atoms with Gasteiger partial charge in [-0.1, -0.05) is 31.2 Å². The molecule has 1 heterocycles. The van der Waals surface area contributed by atoms with Gasteiger partial charge >= 0.3 is 0 Å². The number of aromatic nitrogens is 2. The minimum absolute atomic E-state index is 0.0529. The lowest BCUT2D eigenvalue weighted by Gasteiger charge is -2.21. The number of rotatable bonds is 11. The van der Waals surface area contributed by atoms with Crippen LogP contribution in [0.1, 0.15) is 24.5 Å². The number of hydrogen-bond acceptors (Lipinski definition) is 6. The van der Waals surface area contributed by atoms with E-state index in [1.165, 1.54) is 15.1 Å². The first-order valence-corrected chi connectivity index (χ1v) is 11.8. The zero-order valence-corrected chi connectivity index (χ0v) is 19.3. The number of aliphatic hydroxyl groups excluding tert-OH is 1. The molecule has 0 aliphatic rings. The van der Waals surface area contributed by atoms with Crippen molar-refractivity contribution in [1.29, 1.82) is 0 Å². The topological polar surface area (TPSA) is 93.9 Å². The number of ether oxygens (including phenoxy) is 2. The number of hydrogen-bond donors (Lipinski definition) is 1. The fourth-order valence-corrected chi connectivity index (χ4v) is 4.50. The van der Waals surface area contributed by atoms with Crippen LogP contribution < -0.4 is 9.47 Å². The van der Waals surface area contributed by atoms with Crippen LogP contribution in [-0.4, -0.2) is 47.9 Å². The van der Waals surface area contributed by atoms with Gasteiger partial charge in [0.05, 0.1) is 26.9 Å². The normalized spacial score (nSPS) is 12.7. The molecule has 0 fully saturated rings. The summed E-state index contributed by atoms with van der Waals surface area (Å²) in [6, 6.07) is 16.0. The Hall–Kier alpha value is -2.88. The van der Waals surface area contributed by atoms with Crippen molar-refractivity contribution in [3.8, 4) is 11.5 Å². The van der Waals surface area contributed by atoms with Gasteiger partial charge in [-0.2, -0.15) is 9.40 Å². The lowest BCUT2D eigenvalue weighted by atomic mass is 10.2. The number of nitrogens with zero attached hydrogens (tertiary/aromatic N) is 3. The quantitative estimate of drug-likeness (QED) is 0.474. The van der Waals surface area contributed by atoms with Crippen molar-refractivity contribution in [3.05, 3.63) is 71.9 Å². The van der Waals surface area contributed by atoms with Crippen molar-refractivity contribution in [2.45, 2.75) is 44.1 Å². The van der Waals surface area contributed by atoms with E-state index in [4.69, 9.17) is 9.47 Å². The second-order valence-corrected chi connectivity index (χ2v) is 9.29. The Morgan fingerprint density at radius 3 is 1.88 bits per heavy atom. The van der Waals surface area contributed by atoms with E-state index in [2.05, 4.69) is 5.10 Å². The number of sulfonamides is 1. The van der Waals surface area contributed by atoms with Crippen LogP contribution in [0.4, 0.5) is 0 Å². The van der Waals surface area contributed by atoms with E-state index >= 15 is 0 Å². The predicted molar refractivity (Wildman–Crippen MR) is 121 cm³/mol. The predicted octanol–water partition coefficient (Wildman–Crippen LogP) is 3.06. The van der Waals surface area contributed by atoms with Gasteiger partial charge in [-0.25, -0.2) is 8.42 Å². The van der Waals surface area contributed by atoms with Crippen molar-refractivity contribution in [2.75, 3.05) is 14.2 Å². The Balaban J connectivity index is 1.90. The molecule has 172 valence electrons. The fraction of sp³-hybridized carbons (Fsp3) is 0.348. The molecule has 0 bridgehead atoms. The summed E-state index contributed by atoms with van der Waals surface area (Å²) in [4.78, 5) is 0. The summed E-state index contributed by atoms with van der Waals surface area (Å²) in [5.74, 6) is 1.40. The molecule has 3 aromatic rings. The Bertz CT molecular complexity index is 1050. The van der Waals surface area contributed by atoms with Crippen molar-refractivity contribution < 1.29 is 23.0 Å². The number of aliphatic hydroxyl groups is 1. The summed E-state index contributed by atoms with van der Waals surface area (Å²) in [6.45, 7) is 2.44. The first-order valence-electron chi connectivity index (χ1n) is 10.3. The maximum absolute atomic E-state index is 13.5. The third-order valence-electron chi connectivity index (χ3n) is 5.13. The van der Waals surface area contributed by atoms with E-state index in [-0.39, 0.29) is 24.7 Å². The first-order chi connectivity index (χ1) is 15.3. The van der Waals surface area contributed by atoms with Crippen LogP contribution in [0.15, 0.2) is 65.8 Å². The largest absolute Gasteiger partial charge is 0.497 e. The van der Waals surface area contributed by atoms with Crippen LogP contribution >= 0.6 is 0 Å². The van der Waals surface area contributed by atoms with Crippen LogP contribution in [0.25, 0.3) is 0 Å². The second kappa shape index (κ2) is 10.6. The monoisotopic (exact) mass is 459 g/mol. The lowest BCUT2D eigenvalue weighted by Crippen LogP contribution is -2.31. The molecule has 0 aliphatic carbocycles. The van der Waals surface area contributed by atoms with E-state index in [1.54, 1.807) is 44.7 Å². The molecule has 0 aliphatic heterocycles. The zero-order valence-electron chi connectivity index (χ0n) is 18.5. The maximum atomic E-state index is 13.5. The third kappa shape index (κ3) is 5.87. The van der Waals surface area contributed by atoms with Crippen LogP contribution in [-0.2, 0) is 29.7 Å². The second-order valence-electron chi connectivity index (χ2n) is 7.41. The van der Waals surface area contributed by atoms with Gasteiger partial charge in [0.2, 0.25) is 0 Å². The van der Waals surface area contributed by atoms with Gasteiger partial charge in [-0.15, -0.1) is 0 Å². The molecule has 8 nitrogen and oxygen atoms in total. The van der Waals surface area contributed by atoms with Gasteiger partial charge < -0.3 is 14.6 Å². The van der Waals surface area contributed by atoms with Gasteiger partial charge in [0.25, 0.3) is 10.0 Å². The average molecular weight is 460 g/mol. The Labute approximate surface area is 189 Å². The average Bonchev–Trinajstić information content (AvgIpc) is 3.28. The number of methoxy groups -OCH3 is 2. The lowest BCUT2D eigenvalue weighted by molar-refractivity contribution is 0.144. The smallest absolute Gasteiger partial charge is 0.262 e. The molecule has 1 aromatic heterocycles. The maximum Gasteiger partial charge on any atom is 0.262 e. The zero-order chi connectivity index (χ0) is 23.1.